The lowest BCUT2D eigenvalue weighted by Gasteiger charge is -2.20. The minimum absolute atomic E-state index is 0.0550. The second kappa shape index (κ2) is 7.79. The second-order valence-electron chi connectivity index (χ2n) is 6.20. The molecule has 0 spiro atoms. The summed E-state index contributed by atoms with van der Waals surface area (Å²) >= 11 is 0. The van der Waals surface area contributed by atoms with Crippen LogP contribution in [0.25, 0.3) is 0 Å². The molecule has 6 nitrogen and oxygen atoms in total. The van der Waals surface area contributed by atoms with Gasteiger partial charge < -0.3 is 16.0 Å². The van der Waals surface area contributed by atoms with Gasteiger partial charge in [0.1, 0.15) is 0 Å². The number of nitrogens with zero attached hydrogens (tertiary/aromatic N) is 1. The molecule has 1 aromatic heterocycles. The lowest BCUT2D eigenvalue weighted by molar-refractivity contribution is -0.116. The molecule has 130 valence electrons. The molecule has 3 amide bonds. The molecule has 6 heteroatoms. The zero-order valence-corrected chi connectivity index (χ0v) is 14.2. The molecule has 3 rings (SSSR count). The fourth-order valence-electron chi connectivity index (χ4n) is 2.87. The van der Waals surface area contributed by atoms with Gasteiger partial charge in [0.15, 0.2) is 0 Å². The lowest BCUT2D eigenvalue weighted by atomic mass is 9.98. The van der Waals surface area contributed by atoms with Crippen molar-refractivity contribution < 1.29 is 9.59 Å². The van der Waals surface area contributed by atoms with E-state index in [-0.39, 0.29) is 18.0 Å². The van der Waals surface area contributed by atoms with E-state index in [1.807, 2.05) is 31.2 Å². The van der Waals surface area contributed by atoms with Gasteiger partial charge in [0.05, 0.1) is 6.04 Å². The van der Waals surface area contributed by atoms with Crippen LogP contribution in [0.1, 0.15) is 36.1 Å². The van der Waals surface area contributed by atoms with Gasteiger partial charge in [0.2, 0.25) is 5.91 Å². The number of urea groups is 1. The largest absolute Gasteiger partial charge is 0.338 e. The minimum Gasteiger partial charge on any atom is -0.338 e. The van der Waals surface area contributed by atoms with Crippen LogP contribution in [0.5, 0.6) is 0 Å². The Hall–Kier alpha value is -2.89. The third-order valence-corrected chi connectivity index (χ3v) is 4.29. The highest BCUT2D eigenvalue weighted by Gasteiger charge is 2.17. The van der Waals surface area contributed by atoms with E-state index in [9.17, 15) is 9.59 Å². The molecule has 0 aliphatic carbocycles. The number of nitrogens with one attached hydrogen (secondary N) is 3. The monoisotopic (exact) mass is 338 g/mol. The van der Waals surface area contributed by atoms with Gasteiger partial charge in [-0.1, -0.05) is 18.2 Å². The molecule has 1 aromatic carbocycles. The van der Waals surface area contributed by atoms with Crippen LogP contribution in [0.3, 0.4) is 0 Å². The Morgan fingerprint density at radius 3 is 3.00 bits per heavy atom. The molecule has 1 aliphatic heterocycles. The molecule has 3 N–H and O–H groups in total. The van der Waals surface area contributed by atoms with Crippen molar-refractivity contribution >= 4 is 17.6 Å². The van der Waals surface area contributed by atoms with Crippen LogP contribution in [0.4, 0.5) is 10.5 Å². The number of pyridine rings is 1. The first-order chi connectivity index (χ1) is 12.1. The first-order valence-corrected chi connectivity index (χ1v) is 8.48. The van der Waals surface area contributed by atoms with Crippen molar-refractivity contribution in [2.45, 2.75) is 32.2 Å². The molecule has 1 atom stereocenters. The number of amides is 3. The summed E-state index contributed by atoms with van der Waals surface area (Å²) in [6, 6.07) is 9.46. The average Bonchev–Trinajstić information content (AvgIpc) is 2.62. The van der Waals surface area contributed by atoms with Crippen LogP contribution in [-0.4, -0.2) is 23.5 Å². The van der Waals surface area contributed by atoms with Gasteiger partial charge >= 0.3 is 6.03 Å². The molecule has 0 saturated carbocycles. The smallest absolute Gasteiger partial charge is 0.315 e. The number of benzene rings is 1. The minimum atomic E-state index is -0.192. The van der Waals surface area contributed by atoms with E-state index >= 15 is 0 Å². The standard InChI is InChI=1S/C19H22N4O2/c1-13(15-4-6-17-16(11-15)5-7-18(24)23-17)22-19(25)21-10-8-14-3-2-9-20-12-14/h2-4,6,9,11-13H,5,7-8,10H2,1H3,(H,23,24)(H2,21,22,25)/t13-/m0/s1. The molecule has 25 heavy (non-hydrogen) atoms. The topological polar surface area (TPSA) is 83.1 Å². The first-order valence-electron chi connectivity index (χ1n) is 8.48. The SMILES string of the molecule is C[C@H](NC(=O)NCCc1cccnc1)c1ccc2c(c1)CCC(=O)N2. The van der Waals surface area contributed by atoms with Crippen LogP contribution in [0.15, 0.2) is 42.7 Å². The third kappa shape index (κ3) is 4.56. The quantitative estimate of drug-likeness (QED) is 0.783. The number of hydrogen-bond donors (Lipinski definition) is 3. The summed E-state index contributed by atoms with van der Waals surface area (Å²) in [6.07, 6.45) is 5.52. The summed E-state index contributed by atoms with van der Waals surface area (Å²) in [5.74, 6) is 0.0550. The molecule has 0 unspecified atom stereocenters. The summed E-state index contributed by atoms with van der Waals surface area (Å²) in [7, 11) is 0. The fourth-order valence-corrected chi connectivity index (χ4v) is 2.87. The van der Waals surface area contributed by atoms with Gasteiger partial charge in [-0.25, -0.2) is 4.79 Å². The number of anilines is 1. The number of carbonyl (C=O) groups is 2. The summed E-state index contributed by atoms with van der Waals surface area (Å²) in [5, 5.41) is 8.68. The summed E-state index contributed by atoms with van der Waals surface area (Å²) in [5.41, 5.74) is 4.10. The van der Waals surface area contributed by atoms with E-state index in [1.54, 1.807) is 12.4 Å². The van der Waals surface area contributed by atoms with Gasteiger partial charge in [0, 0.05) is 31.0 Å². The Balaban J connectivity index is 1.50. The van der Waals surface area contributed by atoms with Gasteiger partial charge in [-0.3, -0.25) is 9.78 Å². The zero-order valence-electron chi connectivity index (χ0n) is 14.2. The van der Waals surface area contributed by atoms with Crippen molar-refractivity contribution in [2.75, 3.05) is 11.9 Å². The molecule has 0 saturated heterocycles. The summed E-state index contributed by atoms with van der Waals surface area (Å²) in [4.78, 5) is 27.5. The number of fused-ring (bicyclic) bond motifs is 1. The highest BCUT2D eigenvalue weighted by molar-refractivity contribution is 5.93. The van der Waals surface area contributed by atoms with Crippen molar-refractivity contribution in [3.8, 4) is 0 Å². The zero-order chi connectivity index (χ0) is 17.6. The van der Waals surface area contributed by atoms with E-state index in [1.165, 1.54) is 0 Å². The summed E-state index contributed by atoms with van der Waals surface area (Å²) < 4.78 is 0. The van der Waals surface area contributed by atoms with E-state index < -0.39 is 0 Å². The van der Waals surface area contributed by atoms with E-state index in [4.69, 9.17) is 0 Å². The van der Waals surface area contributed by atoms with Crippen molar-refractivity contribution in [1.82, 2.24) is 15.6 Å². The van der Waals surface area contributed by atoms with Crippen LogP contribution in [0.2, 0.25) is 0 Å². The molecule has 0 bridgehead atoms. The molecular weight excluding hydrogens is 316 g/mol. The predicted octanol–water partition coefficient (Wildman–Crippen LogP) is 2.57. The highest BCUT2D eigenvalue weighted by atomic mass is 16.2. The van der Waals surface area contributed by atoms with E-state index in [0.29, 0.717) is 13.0 Å². The van der Waals surface area contributed by atoms with Gasteiger partial charge in [-0.2, -0.15) is 0 Å². The normalized spacial score (nSPS) is 14.2. The molecule has 0 radical (unpaired) electrons. The Labute approximate surface area is 147 Å². The molecule has 2 heterocycles. The fraction of sp³-hybridized carbons (Fsp3) is 0.316. The maximum Gasteiger partial charge on any atom is 0.315 e. The van der Waals surface area contributed by atoms with Crippen LogP contribution < -0.4 is 16.0 Å². The van der Waals surface area contributed by atoms with Crippen molar-refractivity contribution in [1.29, 1.82) is 0 Å². The van der Waals surface area contributed by atoms with Gasteiger partial charge in [-0.15, -0.1) is 0 Å². The van der Waals surface area contributed by atoms with Crippen LogP contribution in [-0.2, 0) is 17.6 Å². The third-order valence-electron chi connectivity index (χ3n) is 4.29. The van der Waals surface area contributed by atoms with Gasteiger partial charge in [-0.05, 0) is 48.6 Å². The number of aryl methyl sites for hydroxylation is 1. The number of aromatic nitrogens is 1. The van der Waals surface area contributed by atoms with E-state index in [0.717, 1.165) is 35.2 Å². The Morgan fingerprint density at radius 1 is 1.32 bits per heavy atom. The molecular formula is C19H22N4O2. The maximum atomic E-state index is 12.1. The van der Waals surface area contributed by atoms with E-state index in [2.05, 4.69) is 27.0 Å². The molecule has 1 aliphatic rings. The average molecular weight is 338 g/mol. The molecule has 2 aromatic rings. The number of rotatable bonds is 5. The van der Waals surface area contributed by atoms with Crippen LogP contribution >= 0.6 is 0 Å². The van der Waals surface area contributed by atoms with Crippen LogP contribution in [0, 0.1) is 0 Å². The summed E-state index contributed by atoms with van der Waals surface area (Å²) in [6.45, 7) is 2.50. The predicted molar refractivity (Wildman–Crippen MR) is 96.3 cm³/mol. The Morgan fingerprint density at radius 2 is 2.20 bits per heavy atom. The Kier molecular flexibility index (Phi) is 5.28. The lowest BCUT2D eigenvalue weighted by Crippen LogP contribution is -2.38. The molecule has 0 fully saturated rings. The number of carbonyl (C=O) groups excluding carboxylic acids is 2. The first kappa shape index (κ1) is 17.0. The second-order valence-corrected chi connectivity index (χ2v) is 6.20. The maximum absolute atomic E-state index is 12.1. The van der Waals surface area contributed by atoms with Crippen molar-refractivity contribution in [2.24, 2.45) is 0 Å². The van der Waals surface area contributed by atoms with Crippen molar-refractivity contribution in [3.05, 3.63) is 59.4 Å². The van der Waals surface area contributed by atoms with Gasteiger partial charge in [0.25, 0.3) is 0 Å². The number of hydrogen-bond acceptors (Lipinski definition) is 3. The van der Waals surface area contributed by atoms with Crippen molar-refractivity contribution in [3.63, 3.8) is 0 Å². The highest BCUT2D eigenvalue weighted by Crippen LogP contribution is 2.26. The Bertz CT molecular complexity index is 761.